The highest BCUT2D eigenvalue weighted by molar-refractivity contribution is 5.01. The van der Waals surface area contributed by atoms with E-state index in [9.17, 15) is 0 Å². The third-order valence-electron chi connectivity index (χ3n) is 5.26. The molecule has 0 heterocycles. The van der Waals surface area contributed by atoms with Crippen LogP contribution in [0.15, 0.2) is 0 Å². The lowest BCUT2D eigenvalue weighted by Gasteiger charge is -2.56. The zero-order valence-electron chi connectivity index (χ0n) is 10.2. The molecule has 4 rings (SSSR count). The smallest absolute Gasteiger partial charge is 0.0635 e. The van der Waals surface area contributed by atoms with Crippen LogP contribution < -0.4 is 0 Å². The average molecular weight is 218 g/mol. The van der Waals surface area contributed by atoms with Gasteiger partial charge in [-0.25, -0.2) is 0 Å². The van der Waals surface area contributed by atoms with Gasteiger partial charge in [0.2, 0.25) is 0 Å². The van der Waals surface area contributed by atoms with E-state index in [1.54, 1.807) is 0 Å². The predicted molar refractivity (Wildman–Crippen MR) is 63.7 cm³/mol. The predicted octanol–water partition coefficient (Wildman–Crippen LogP) is 2.66. The third-order valence-corrected chi connectivity index (χ3v) is 5.26. The van der Waals surface area contributed by atoms with Gasteiger partial charge in [0.25, 0.3) is 0 Å². The Morgan fingerprint density at radius 1 is 1.06 bits per heavy atom. The molecule has 4 fully saturated rings. The van der Waals surface area contributed by atoms with Crippen LogP contribution in [0, 0.1) is 35.0 Å². The Hall–Kier alpha value is -0.550. The number of rotatable bonds is 3. The fourth-order valence-corrected chi connectivity index (χ4v) is 4.99. The molecule has 4 saturated carbocycles. The minimum absolute atomic E-state index is 0.694. The first-order valence-electron chi connectivity index (χ1n) is 6.85. The maximum Gasteiger partial charge on any atom is 0.0635 e. The molecule has 2 nitrogen and oxygen atoms in total. The number of hydrogen-bond acceptors (Lipinski definition) is 2. The van der Waals surface area contributed by atoms with Gasteiger partial charge in [0, 0.05) is 19.0 Å². The first-order chi connectivity index (χ1) is 7.78. The molecule has 0 amide bonds. The van der Waals surface area contributed by atoms with Crippen LogP contribution in [-0.4, -0.2) is 24.5 Å². The normalized spacial score (nSPS) is 44.9. The van der Waals surface area contributed by atoms with Crippen molar-refractivity contribution in [2.24, 2.45) is 23.7 Å². The van der Waals surface area contributed by atoms with Crippen LogP contribution in [0.3, 0.4) is 0 Å². The largest absolute Gasteiger partial charge is 0.302 e. The molecule has 0 aromatic heterocycles. The average Bonchev–Trinajstić information content (AvgIpc) is 2.24. The van der Waals surface area contributed by atoms with Gasteiger partial charge >= 0.3 is 0 Å². The summed E-state index contributed by atoms with van der Waals surface area (Å²) in [6.45, 7) is 0.976. The summed E-state index contributed by atoms with van der Waals surface area (Å²) in [6, 6.07) is 3.09. The highest BCUT2D eigenvalue weighted by Gasteiger charge is 2.49. The molecule has 4 bridgehead atoms. The molecule has 0 atom stereocenters. The SMILES string of the molecule is CN(CCC#N)C1C2CC3CC(C2)CC1C3. The van der Waals surface area contributed by atoms with Gasteiger partial charge in [-0.1, -0.05) is 0 Å². The van der Waals surface area contributed by atoms with Crippen LogP contribution in [-0.2, 0) is 0 Å². The maximum absolute atomic E-state index is 8.69. The molecule has 0 aromatic carbocycles. The van der Waals surface area contributed by atoms with E-state index in [1.807, 2.05) is 0 Å². The van der Waals surface area contributed by atoms with E-state index in [0.29, 0.717) is 6.42 Å². The summed E-state index contributed by atoms with van der Waals surface area (Å²) in [4.78, 5) is 2.50. The second-order valence-electron chi connectivity index (χ2n) is 6.31. The van der Waals surface area contributed by atoms with E-state index in [1.165, 1.54) is 32.1 Å². The van der Waals surface area contributed by atoms with Gasteiger partial charge in [0.05, 0.1) is 6.07 Å². The molecular weight excluding hydrogens is 196 g/mol. The summed E-state index contributed by atoms with van der Waals surface area (Å²) in [5, 5.41) is 8.69. The lowest BCUT2D eigenvalue weighted by atomic mass is 9.54. The topological polar surface area (TPSA) is 27.0 Å². The van der Waals surface area contributed by atoms with Crippen LogP contribution >= 0.6 is 0 Å². The van der Waals surface area contributed by atoms with Crippen molar-refractivity contribution in [1.82, 2.24) is 4.90 Å². The molecule has 0 aliphatic heterocycles. The number of hydrogen-bond donors (Lipinski definition) is 0. The second-order valence-corrected chi connectivity index (χ2v) is 6.31. The van der Waals surface area contributed by atoms with Crippen LogP contribution in [0.2, 0.25) is 0 Å². The van der Waals surface area contributed by atoms with Crippen molar-refractivity contribution >= 4 is 0 Å². The minimum atomic E-state index is 0.694. The summed E-state index contributed by atoms with van der Waals surface area (Å²) in [6.07, 6.45) is 8.15. The molecule has 4 aliphatic carbocycles. The van der Waals surface area contributed by atoms with Gasteiger partial charge in [0.15, 0.2) is 0 Å². The molecule has 0 unspecified atom stereocenters. The quantitative estimate of drug-likeness (QED) is 0.728. The highest BCUT2D eigenvalue weighted by atomic mass is 15.1. The van der Waals surface area contributed by atoms with Gasteiger partial charge in [-0.3, -0.25) is 0 Å². The molecule has 16 heavy (non-hydrogen) atoms. The van der Waals surface area contributed by atoms with Crippen molar-refractivity contribution < 1.29 is 0 Å². The Morgan fingerprint density at radius 2 is 1.62 bits per heavy atom. The molecule has 0 N–H and O–H groups in total. The Bertz CT molecular complexity index is 276. The summed E-state index contributed by atoms with van der Waals surface area (Å²) in [5.41, 5.74) is 0. The first-order valence-corrected chi connectivity index (χ1v) is 6.85. The summed E-state index contributed by atoms with van der Waals surface area (Å²) in [5.74, 6) is 4.03. The molecular formula is C14H22N2. The maximum atomic E-state index is 8.69. The first kappa shape index (κ1) is 10.6. The van der Waals surface area contributed by atoms with Crippen LogP contribution in [0.4, 0.5) is 0 Å². The van der Waals surface area contributed by atoms with E-state index in [0.717, 1.165) is 36.3 Å². The van der Waals surface area contributed by atoms with Gasteiger partial charge in [-0.15, -0.1) is 0 Å². The van der Waals surface area contributed by atoms with Gasteiger partial charge < -0.3 is 4.90 Å². The zero-order chi connectivity index (χ0) is 11.1. The molecule has 0 radical (unpaired) electrons. The monoisotopic (exact) mass is 218 g/mol. The standard InChI is InChI=1S/C14H22N2/c1-16(4-2-3-15)14-12-6-10-5-11(8-12)9-13(14)7-10/h10-14H,2,4-9H2,1H3. The van der Waals surface area contributed by atoms with Crippen LogP contribution in [0.1, 0.15) is 38.5 Å². The van der Waals surface area contributed by atoms with Crippen molar-refractivity contribution in [3.05, 3.63) is 0 Å². The molecule has 88 valence electrons. The second kappa shape index (κ2) is 4.04. The van der Waals surface area contributed by atoms with E-state index in [2.05, 4.69) is 18.0 Å². The molecule has 0 saturated heterocycles. The van der Waals surface area contributed by atoms with Crippen molar-refractivity contribution in [2.45, 2.75) is 44.6 Å². The fraction of sp³-hybridized carbons (Fsp3) is 0.929. The third kappa shape index (κ3) is 1.66. The summed E-state index contributed by atoms with van der Waals surface area (Å²) in [7, 11) is 2.24. The molecule has 2 heteroatoms. The van der Waals surface area contributed by atoms with Gasteiger partial charge in [-0.05, 0) is 62.8 Å². The van der Waals surface area contributed by atoms with Gasteiger partial charge in [0.1, 0.15) is 0 Å². The Kier molecular flexibility index (Phi) is 2.67. The Balaban J connectivity index is 1.69. The lowest BCUT2D eigenvalue weighted by molar-refractivity contribution is -0.0567. The fourth-order valence-electron chi connectivity index (χ4n) is 4.99. The summed E-state index contributed by atoms with van der Waals surface area (Å²) >= 11 is 0. The van der Waals surface area contributed by atoms with Crippen molar-refractivity contribution in [3.8, 4) is 6.07 Å². The molecule has 0 spiro atoms. The van der Waals surface area contributed by atoms with E-state index in [4.69, 9.17) is 5.26 Å². The van der Waals surface area contributed by atoms with E-state index in [-0.39, 0.29) is 0 Å². The van der Waals surface area contributed by atoms with Crippen LogP contribution in [0.25, 0.3) is 0 Å². The van der Waals surface area contributed by atoms with E-state index >= 15 is 0 Å². The minimum Gasteiger partial charge on any atom is -0.302 e. The summed E-state index contributed by atoms with van der Waals surface area (Å²) < 4.78 is 0. The van der Waals surface area contributed by atoms with Crippen LogP contribution in [0.5, 0.6) is 0 Å². The van der Waals surface area contributed by atoms with Crippen molar-refractivity contribution in [2.75, 3.05) is 13.6 Å². The van der Waals surface area contributed by atoms with Gasteiger partial charge in [-0.2, -0.15) is 5.26 Å². The van der Waals surface area contributed by atoms with Crippen molar-refractivity contribution in [1.29, 1.82) is 5.26 Å². The Labute approximate surface area is 98.6 Å². The molecule has 4 aliphatic rings. The Morgan fingerprint density at radius 3 is 2.12 bits per heavy atom. The highest BCUT2D eigenvalue weighted by Crippen LogP contribution is 2.54. The zero-order valence-corrected chi connectivity index (χ0v) is 10.2. The van der Waals surface area contributed by atoms with E-state index < -0.39 is 0 Å². The lowest BCUT2D eigenvalue weighted by Crippen LogP contribution is -2.55. The number of nitrogens with zero attached hydrogens (tertiary/aromatic N) is 2. The van der Waals surface area contributed by atoms with Crippen molar-refractivity contribution in [3.63, 3.8) is 0 Å². The number of nitriles is 1. The molecule has 0 aromatic rings.